The van der Waals surface area contributed by atoms with E-state index >= 15 is 0 Å². The molecule has 9 aromatic rings. The smallest absolute Gasteiger partial charge is 0.161 e. The Kier molecular flexibility index (Phi) is 6.14. The van der Waals surface area contributed by atoms with Gasteiger partial charge in [0.1, 0.15) is 0 Å². The molecule has 0 aliphatic heterocycles. The summed E-state index contributed by atoms with van der Waals surface area (Å²) in [5, 5.41) is 9.59. The Balaban J connectivity index is 1.24. The molecule has 214 valence electrons. The zero-order chi connectivity index (χ0) is 30.5. The third kappa shape index (κ3) is 4.41. The first kappa shape index (κ1) is 26.2. The van der Waals surface area contributed by atoms with Crippen LogP contribution in [0.2, 0.25) is 0 Å². The minimum atomic E-state index is 0.713. The highest BCUT2D eigenvalue weighted by atomic mass is 14.9. The Morgan fingerprint density at radius 1 is 0.348 bits per heavy atom. The van der Waals surface area contributed by atoms with Crippen LogP contribution in [0.25, 0.3) is 88.1 Å². The van der Waals surface area contributed by atoms with Gasteiger partial charge in [-0.05, 0) is 55.4 Å². The Morgan fingerprint density at radius 2 is 0.935 bits per heavy atom. The molecule has 0 saturated heterocycles. The number of rotatable bonds is 4. The number of pyridine rings is 1. The number of nitrogens with zero attached hydrogens (tertiary/aromatic N) is 3. The number of benzene rings is 7. The number of aromatic nitrogens is 3. The molecule has 0 aliphatic carbocycles. The van der Waals surface area contributed by atoms with Crippen molar-refractivity contribution in [3.63, 3.8) is 0 Å². The third-order valence-corrected chi connectivity index (χ3v) is 8.94. The maximum absolute atomic E-state index is 5.25. The quantitative estimate of drug-likeness (QED) is 0.193. The van der Waals surface area contributed by atoms with Crippen LogP contribution >= 0.6 is 0 Å². The van der Waals surface area contributed by atoms with E-state index in [1.807, 2.05) is 18.5 Å². The molecule has 0 aliphatic rings. The molecule has 9 rings (SSSR count). The highest BCUT2D eigenvalue weighted by Crippen LogP contribution is 2.39. The maximum Gasteiger partial charge on any atom is 0.161 e. The van der Waals surface area contributed by atoms with Gasteiger partial charge in [0, 0.05) is 40.0 Å². The normalized spacial score (nSPS) is 11.5. The van der Waals surface area contributed by atoms with Crippen LogP contribution in [0.3, 0.4) is 0 Å². The van der Waals surface area contributed by atoms with Crippen LogP contribution in [-0.2, 0) is 0 Å². The summed E-state index contributed by atoms with van der Waals surface area (Å²) in [4.78, 5) is 14.9. The molecule has 0 radical (unpaired) electrons. The molecule has 0 fully saturated rings. The summed E-state index contributed by atoms with van der Waals surface area (Å²) in [6.45, 7) is 0. The van der Waals surface area contributed by atoms with Crippen molar-refractivity contribution in [1.29, 1.82) is 0 Å². The van der Waals surface area contributed by atoms with Gasteiger partial charge in [-0.15, -0.1) is 0 Å². The standard InChI is InChI=1S/C43H27N3/c1-2-11-30(12-3-1)40-25-41(31-21-18-29(19-22-31)39-27-44-26-33-13-5-6-14-34(33)39)46-43(45-40)38-24-32-23-20-28-10-4-7-15-35(28)42(32)37-17-9-8-16-36(37)38/h1-27H. The van der Waals surface area contributed by atoms with Crippen LogP contribution in [0.1, 0.15) is 0 Å². The molecule has 0 unspecified atom stereocenters. The average molecular weight is 586 g/mol. The second kappa shape index (κ2) is 10.8. The topological polar surface area (TPSA) is 38.7 Å². The second-order valence-electron chi connectivity index (χ2n) is 11.7. The van der Waals surface area contributed by atoms with Crippen LogP contribution < -0.4 is 0 Å². The lowest BCUT2D eigenvalue weighted by atomic mass is 9.93. The lowest BCUT2D eigenvalue weighted by Gasteiger charge is -2.14. The van der Waals surface area contributed by atoms with Gasteiger partial charge in [0.05, 0.1) is 11.4 Å². The second-order valence-corrected chi connectivity index (χ2v) is 11.7. The zero-order valence-corrected chi connectivity index (χ0v) is 24.9. The highest BCUT2D eigenvalue weighted by molar-refractivity contribution is 6.23. The van der Waals surface area contributed by atoms with Gasteiger partial charge in [-0.1, -0.05) is 140 Å². The van der Waals surface area contributed by atoms with E-state index in [4.69, 9.17) is 9.97 Å². The Bertz CT molecular complexity index is 2570. The van der Waals surface area contributed by atoms with Crippen molar-refractivity contribution < 1.29 is 0 Å². The van der Waals surface area contributed by atoms with Gasteiger partial charge in [0.2, 0.25) is 0 Å². The predicted molar refractivity (Wildman–Crippen MR) is 192 cm³/mol. The van der Waals surface area contributed by atoms with Gasteiger partial charge in [0.25, 0.3) is 0 Å². The molecule has 3 nitrogen and oxygen atoms in total. The molecule has 0 amide bonds. The average Bonchev–Trinajstić information content (AvgIpc) is 3.14. The van der Waals surface area contributed by atoms with Crippen molar-refractivity contribution in [2.75, 3.05) is 0 Å². The number of hydrogen-bond donors (Lipinski definition) is 0. The molecule has 2 heterocycles. The fourth-order valence-electron chi connectivity index (χ4n) is 6.70. The molecule has 0 spiro atoms. The summed E-state index contributed by atoms with van der Waals surface area (Å²) < 4.78 is 0. The molecule has 46 heavy (non-hydrogen) atoms. The Morgan fingerprint density at radius 3 is 1.72 bits per heavy atom. The summed E-state index contributed by atoms with van der Waals surface area (Å²) >= 11 is 0. The van der Waals surface area contributed by atoms with Gasteiger partial charge < -0.3 is 0 Å². The monoisotopic (exact) mass is 585 g/mol. The Hall–Kier alpha value is -6.19. The minimum Gasteiger partial charge on any atom is -0.263 e. The number of fused-ring (bicyclic) bond motifs is 6. The molecule has 0 N–H and O–H groups in total. The number of hydrogen-bond acceptors (Lipinski definition) is 3. The van der Waals surface area contributed by atoms with Gasteiger partial charge in [-0.2, -0.15) is 0 Å². The molecular formula is C43H27N3. The first-order valence-electron chi connectivity index (χ1n) is 15.5. The van der Waals surface area contributed by atoms with E-state index < -0.39 is 0 Å². The van der Waals surface area contributed by atoms with Crippen LogP contribution in [-0.4, -0.2) is 15.0 Å². The van der Waals surface area contributed by atoms with Crippen molar-refractivity contribution in [3.8, 4) is 45.0 Å². The van der Waals surface area contributed by atoms with Crippen molar-refractivity contribution in [1.82, 2.24) is 15.0 Å². The van der Waals surface area contributed by atoms with E-state index in [9.17, 15) is 0 Å². The molecule has 7 aromatic carbocycles. The largest absolute Gasteiger partial charge is 0.263 e. The zero-order valence-electron chi connectivity index (χ0n) is 24.9. The summed E-state index contributed by atoms with van der Waals surface area (Å²) in [5.41, 5.74) is 7.14. The minimum absolute atomic E-state index is 0.713. The van der Waals surface area contributed by atoms with E-state index in [0.29, 0.717) is 5.82 Å². The van der Waals surface area contributed by atoms with Crippen molar-refractivity contribution in [2.45, 2.75) is 0 Å². The maximum atomic E-state index is 5.25. The molecular weight excluding hydrogens is 558 g/mol. The summed E-state index contributed by atoms with van der Waals surface area (Å²) in [7, 11) is 0. The summed E-state index contributed by atoms with van der Waals surface area (Å²) in [6.07, 6.45) is 3.86. The third-order valence-electron chi connectivity index (χ3n) is 8.94. The fraction of sp³-hybridized carbons (Fsp3) is 0. The Labute approximate surface area is 266 Å². The SMILES string of the molecule is c1ccc(-c2cc(-c3ccc(-c4cncc5ccccc45)cc3)nc(-c3cc4ccc5ccccc5c4c4ccccc34)n2)cc1. The molecule has 2 aromatic heterocycles. The van der Waals surface area contributed by atoms with Crippen molar-refractivity contribution in [2.24, 2.45) is 0 Å². The fourth-order valence-corrected chi connectivity index (χ4v) is 6.70. The van der Waals surface area contributed by atoms with Gasteiger partial charge >= 0.3 is 0 Å². The van der Waals surface area contributed by atoms with E-state index in [1.54, 1.807) is 0 Å². The van der Waals surface area contributed by atoms with E-state index in [0.717, 1.165) is 50.0 Å². The summed E-state index contributed by atoms with van der Waals surface area (Å²) in [5.74, 6) is 0.713. The van der Waals surface area contributed by atoms with Crippen molar-refractivity contribution in [3.05, 3.63) is 164 Å². The first-order valence-corrected chi connectivity index (χ1v) is 15.5. The van der Waals surface area contributed by atoms with Crippen molar-refractivity contribution >= 4 is 43.1 Å². The van der Waals surface area contributed by atoms with E-state index in [2.05, 4.69) is 151 Å². The van der Waals surface area contributed by atoms with Crippen LogP contribution in [0.4, 0.5) is 0 Å². The first-order chi connectivity index (χ1) is 22.8. The van der Waals surface area contributed by atoms with E-state index in [1.165, 1.54) is 32.3 Å². The molecule has 0 bridgehead atoms. The van der Waals surface area contributed by atoms with E-state index in [-0.39, 0.29) is 0 Å². The lowest BCUT2D eigenvalue weighted by molar-refractivity contribution is 1.19. The predicted octanol–water partition coefficient (Wildman–Crippen LogP) is 11.2. The molecule has 0 atom stereocenters. The van der Waals surface area contributed by atoms with Gasteiger partial charge in [0.15, 0.2) is 5.82 Å². The molecule has 3 heteroatoms. The summed E-state index contributed by atoms with van der Waals surface area (Å²) in [6, 6.07) is 53.4. The van der Waals surface area contributed by atoms with Gasteiger partial charge in [-0.25, -0.2) is 9.97 Å². The highest BCUT2D eigenvalue weighted by Gasteiger charge is 2.16. The van der Waals surface area contributed by atoms with Crippen LogP contribution in [0.5, 0.6) is 0 Å². The lowest BCUT2D eigenvalue weighted by Crippen LogP contribution is -1.97. The van der Waals surface area contributed by atoms with Crippen LogP contribution in [0.15, 0.2) is 164 Å². The molecule has 0 saturated carbocycles. The van der Waals surface area contributed by atoms with Crippen LogP contribution in [0, 0.1) is 0 Å². The van der Waals surface area contributed by atoms with Gasteiger partial charge in [-0.3, -0.25) is 4.98 Å².